The Morgan fingerprint density at radius 2 is 1.95 bits per heavy atom. The van der Waals surface area contributed by atoms with Gasteiger partial charge in [0.2, 0.25) is 0 Å². The number of sulfone groups is 1. The molecule has 0 aliphatic rings. The van der Waals surface area contributed by atoms with Crippen LogP contribution in [-0.4, -0.2) is 29.0 Å². The van der Waals surface area contributed by atoms with Crippen molar-refractivity contribution in [3.8, 4) is 0 Å². The molecule has 1 aromatic carbocycles. The molecule has 0 amide bonds. The number of aromatic nitrogens is 2. The first-order chi connectivity index (χ1) is 9.45. The first-order valence-corrected chi connectivity index (χ1v) is 8.83. The van der Waals surface area contributed by atoms with Gasteiger partial charge in [0.05, 0.1) is 22.0 Å². The summed E-state index contributed by atoms with van der Waals surface area (Å²) in [4.78, 5) is 4.62. The van der Waals surface area contributed by atoms with Gasteiger partial charge in [-0.15, -0.1) is 0 Å². The monoisotopic (exact) mass is 294 g/mol. The fraction of sp³-hybridized carbons (Fsp3) is 0.533. The van der Waals surface area contributed by atoms with Crippen molar-refractivity contribution in [1.29, 1.82) is 0 Å². The third kappa shape index (κ3) is 3.03. The molecule has 1 aromatic heterocycles. The summed E-state index contributed by atoms with van der Waals surface area (Å²) in [7, 11) is -3.02. The van der Waals surface area contributed by atoms with Crippen LogP contribution in [0.15, 0.2) is 24.3 Å². The highest BCUT2D eigenvalue weighted by molar-refractivity contribution is 7.91. The standard InChI is InChI=1S/C15H22N2O2S/c1-4-7-15-16-13-8-5-6-9-14(13)17(15)10-11-20(18,19)12(2)3/h5-6,8-9,12H,4,7,10-11H2,1-3H3. The van der Waals surface area contributed by atoms with Crippen LogP contribution < -0.4 is 0 Å². The smallest absolute Gasteiger partial charge is 0.154 e. The van der Waals surface area contributed by atoms with Crippen LogP contribution >= 0.6 is 0 Å². The quantitative estimate of drug-likeness (QED) is 0.823. The average molecular weight is 294 g/mol. The van der Waals surface area contributed by atoms with E-state index in [2.05, 4.69) is 16.5 Å². The fourth-order valence-electron chi connectivity index (χ4n) is 2.24. The number of benzene rings is 1. The molecule has 2 aromatic rings. The van der Waals surface area contributed by atoms with E-state index in [1.165, 1.54) is 0 Å². The molecule has 0 bridgehead atoms. The second-order valence-corrected chi connectivity index (χ2v) is 8.01. The van der Waals surface area contributed by atoms with E-state index in [1.807, 2.05) is 24.3 Å². The number of rotatable bonds is 6. The summed E-state index contributed by atoms with van der Waals surface area (Å²) in [5.41, 5.74) is 1.97. The average Bonchev–Trinajstić information content (AvgIpc) is 2.74. The van der Waals surface area contributed by atoms with E-state index in [9.17, 15) is 8.42 Å². The van der Waals surface area contributed by atoms with Crippen LogP contribution in [0.1, 0.15) is 33.0 Å². The molecule has 110 valence electrons. The van der Waals surface area contributed by atoms with Crippen molar-refractivity contribution in [1.82, 2.24) is 9.55 Å². The van der Waals surface area contributed by atoms with E-state index < -0.39 is 9.84 Å². The van der Waals surface area contributed by atoms with Crippen LogP contribution in [0, 0.1) is 0 Å². The van der Waals surface area contributed by atoms with Crippen LogP contribution in [-0.2, 0) is 22.8 Å². The molecule has 0 unspecified atom stereocenters. The van der Waals surface area contributed by atoms with Crippen molar-refractivity contribution in [2.45, 2.75) is 45.4 Å². The summed E-state index contributed by atoms with van der Waals surface area (Å²) in [6, 6.07) is 7.90. The van der Waals surface area contributed by atoms with Gasteiger partial charge >= 0.3 is 0 Å². The molecule has 0 saturated carbocycles. The van der Waals surface area contributed by atoms with Crippen molar-refractivity contribution >= 4 is 20.9 Å². The highest BCUT2D eigenvalue weighted by atomic mass is 32.2. The minimum absolute atomic E-state index is 0.168. The van der Waals surface area contributed by atoms with Gasteiger partial charge in [-0.25, -0.2) is 13.4 Å². The van der Waals surface area contributed by atoms with Crippen molar-refractivity contribution in [3.63, 3.8) is 0 Å². The highest BCUT2D eigenvalue weighted by Gasteiger charge is 2.18. The predicted octanol–water partition coefficient (Wildman–Crippen LogP) is 2.81. The topological polar surface area (TPSA) is 52.0 Å². The largest absolute Gasteiger partial charge is 0.327 e. The van der Waals surface area contributed by atoms with Gasteiger partial charge in [0.25, 0.3) is 0 Å². The second kappa shape index (κ2) is 5.95. The zero-order valence-electron chi connectivity index (χ0n) is 12.3. The number of imidazole rings is 1. The second-order valence-electron chi connectivity index (χ2n) is 5.33. The number of fused-ring (bicyclic) bond motifs is 1. The summed E-state index contributed by atoms with van der Waals surface area (Å²) < 4.78 is 26.0. The van der Waals surface area contributed by atoms with Gasteiger partial charge in [-0.1, -0.05) is 19.1 Å². The molecule has 0 aliphatic heterocycles. The Morgan fingerprint density at radius 3 is 2.60 bits per heavy atom. The zero-order valence-corrected chi connectivity index (χ0v) is 13.2. The van der Waals surface area contributed by atoms with Gasteiger partial charge in [-0.05, 0) is 32.4 Å². The number of hydrogen-bond acceptors (Lipinski definition) is 3. The van der Waals surface area contributed by atoms with Crippen LogP contribution in [0.3, 0.4) is 0 Å². The Morgan fingerprint density at radius 1 is 1.25 bits per heavy atom. The molecule has 0 aliphatic carbocycles. The number of para-hydroxylation sites is 2. The molecular weight excluding hydrogens is 272 g/mol. The predicted molar refractivity (Wildman–Crippen MR) is 82.7 cm³/mol. The third-order valence-electron chi connectivity index (χ3n) is 3.52. The van der Waals surface area contributed by atoms with Gasteiger partial charge in [-0.3, -0.25) is 0 Å². The lowest BCUT2D eigenvalue weighted by atomic mass is 10.3. The van der Waals surface area contributed by atoms with Gasteiger partial charge in [-0.2, -0.15) is 0 Å². The van der Waals surface area contributed by atoms with Crippen LogP contribution in [0.4, 0.5) is 0 Å². The SMILES string of the molecule is CCCc1nc2ccccc2n1CCS(=O)(=O)C(C)C. The van der Waals surface area contributed by atoms with Crippen molar-refractivity contribution in [3.05, 3.63) is 30.1 Å². The Hall–Kier alpha value is -1.36. The normalized spacial score (nSPS) is 12.4. The lowest BCUT2D eigenvalue weighted by Gasteiger charge is -2.11. The number of aryl methyl sites for hydroxylation is 2. The Labute approximate surface area is 120 Å². The molecule has 0 spiro atoms. The molecule has 4 nitrogen and oxygen atoms in total. The first kappa shape index (κ1) is 15.0. The van der Waals surface area contributed by atoms with Gasteiger partial charge in [0.1, 0.15) is 5.82 Å². The number of hydrogen-bond donors (Lipinski definition) is 0. The lowest BCUT2D eigenvalue weighted by molar-refractivity contribution is 0.579. The van der Waals surface area contributed by atoms with Crippen LogP contribution in [0.25, 0.3) is 11.0 Å². The van der Waals surface area contributed by atoms with Crippen LogP contribution in [0.2, 0.25) is 0 Å². The summed E-state index contributed by atoms with van der Waals surface area (Å²) in [6.45, 7) is 6.05. The molecule has 0 saturated heterocycles. The van der Waals surface area contributed by atoms with Crippen LogP contribution in [0.5, 0.6) is 0 Å². The van der Waals surface area contributed by atoms with E-state index in [1.54, 1.807) is 13.8 Å². The molecule has 2 rings (SSSR count). The van der Waals surface area contributed by atoms with Crippen molar-refractivity contribution in [2.75, 3.05) is 5.75 Å². The zero-order chi connectivity index (χ0) is 14.8. The molecule has 0 N–H and O–H groups in total. The summed E-state index contributed by atoms with van der Waals surface area (Å²) in [6.07, 6.45) is 1.87. The maximum atomic E-state index is 12.0. The first-order valence-electron chi connectivity index (χ1n) is 7.11. The van der Waals surface area contributed by atoms with E-state index >= 15 is 0 Å². The minimum atomic E-state index is -3.02. The van der Waals surface area contributed by atoms with Gasteiger partial charge in [0, 0.05) is 13.0 Å². The highest BCUT2D eigenvalue weighted by Crippen LogP contribution is 2.17. The van der Waals surface area contributed by atoms with E-state index in [0.717, 1.165) is 29.7 Å². The summed E-state index contributed by atoms with van der Waals surface area (Å²) in [5.74, 6) is 1.15. The summed E-state index contributed by atoms with van der Waals surface area (Å²) in [5, 5.41) is -0.327. The van der Waals surface area contributed by atoms with E-state index in [-0.39, 0.29) is 11.0 Å². The fourth-order valence-corrected chi connectivity index (χ4v) is 3.15. The van der Waals surface area contributed by atoms with E-state index in [4.69, 9.17) is 0 Å². The maximum absolute atomic E-state index is 12.0. The molecular formula is C15H22N2O2S. The molecule has 5 heteroatoms. The molecule has 0 radical (unpaired) electrons. The Balaban J connectivity index is 2.34. The third-order valence-corrected chi connectivity index (χ3v) is 5.71. The molecule has 0 fully saturated rings. The Bertz CT molecular complexity index is 687. The molecule has 1 heterocycles. The number of nitrogens with zero attached hydrogens (tertiary/aromatic N) is 2. The molecule has 20 heavy (non-hydrogen) atoms. The van der Waals surface area contributed by atoms with Gasteiger partial charge in [0.15, 0.2) is 9.84 Å². The lowest BCUT2D eigenvalue weighted by Crippen LogP contribution is -2.21. The van der Waals surface area contributed by atoms with E-state index in [0.29, 0.717) is 6.54 Å². The summed E-state index contributed by atoms with van der Waals surface area (Å²) >= 11 is 0. The van der Waals surface area contributed by atoms with Gasteiger partial charge < -0.3 is 4.57 Å². The van der Waals surface area contributed by atoms with Crippen molar-refractivity contribution < 1.29 is 8.42 Å². The Kier molecular flexibility index (Phi) is 4.48. The molecule has 0 atom stereocenters. The minimum Gasteiger partial charge on any atom is -0.327 e. The maximum Gasteiger partial charge on any atom is 0.154 e. The van der Waals surface area contributed by atoms with Crippen molar-refractivity contribution in [2.24, 2.45) is 0 Å².